The van der Waals surface area contributed by atoms with Gasteiger partial charge in [0.2, 0.25) is 0 Å². The highest BCUT2D eigenvalue weighted by Gasteiger charge is 2.43. The molecule has 3 aliphatic rings. The smallest absolute Gasteiger partial charge is 0.0308 e. The van der Waals surface area contributed by atoms with Crippen molar-refractivity contribution in [3.63, 3.8) is 0 Å². The van der Waals surface area contributed by atoms with Gasteiger partial charge in [-0.2, -0.15) is 0 Å². The Kier molecular flexibility index (Phi) is 2.61. The first-order chi connectivity index (χ1) is 7.79. The largest absolute Gasteiger partial charge is 0.400 e. The Morgan fingerprint density at radius 2 is 1.00 bits per heavy atom. The van der Waals surface area contributed by atoms with Gasteiger partial charge in [-0.05, 0) is 37.5 Å². The van der Waals surface area contributed by atoms with Gasteiger partial charge >= 0.3 is 0 Å². The van der Waals surface area contributed by atoms with Gasteiger partial charge < -0.3 is 11.5 Å². The minimum absolute atomic E-state index is 0.632. The molecule has 2 nitrogen and oxygen atoms in total. The summed E-state index contributed by atoms with van der Waals surface area (Å²) in [7, 11) is 0. The summed E-state index contributed by atoms with van der Waals surface area (Å²) in [6.45, 7) is 0. The van der Waals surface area contributed by atoms with Crippen LogP contribution in [0.2, 0.25) is 0 Å². The van der Waals surface area contributed by atoms with Crippen LogP contribution < -0.4 is 11.5 Å². The third kappa shape index (κ3) is 1.46. The van der Waals surface area contributed by atoms with Crippen LogP contribution in [0.1, 0.15) is 51.4 Å². The van der Waals surface area contributed by atoms with E-state index in [1.165, 1.54) is 51.4 Å². The van der Waals surface area contributed by atoms with Crippen molar-refractivity contribution < 1.29 is 0 Å². The van der Waals surface area contributed by atoms with E-state index in [-0.39, 0.29) is 0 Å². The molecule has 3 rings (SSSR count). The molecule has 0 aromatic carbocycles. The molecule has 90 valence electrons. The monoisotopic (exact) mass is 220 g/mol. The Bertz CT molecular complexity index is 278. The van der Waals surface area contributed by atoms with Crippen molar-refractivity contribution >= 4 is 0 Å². The Morgan fingerprint density at radius 1 is 0.625 bits per heavy atom. The normalized spacial score (nSPS) is 43.8. The third-order valence-electron chi connectivity index (χ3n) is 5.32. The lowest BCUT2D eigenvalue weighted by Gasteiger charge is -2.48. The van der Waals surface area contributed by atoms with E-state index >= 15 is 0 Å². The second-order valence-corrected chi connectivity index (χ2v) is 6.02. The standard InChI is InChI=1S/C14H24N2/c15-13-11-7-3-1-5-9(11)10-6-2-4-8-12(10)14(13)16/h9-12H,1-8,15-16H2. The van der Waals surface area contributed by atoms with Gasteiger partial charge in [0, 0.05) is 23.2 Å². The van der Waals surface area contributed by atoms with Crippen molar-refractivity contribution in [2.45, 2.75) is 51.4 Å². The summed E-state index contributed by atoms with van der Waals surface area (Å²) in [6.07, 6.45) is 10.9. The predicted octanol–water partition coefficient (Wildman–Crippen LogP) is 2.74. The maximum Gasteiger partial charge on any atom is 0.0308 e. The summed E-state index contributed by atoms with van der Waals surface area (Å²) in [5.74, 6) is 3.00. The first kappa shape index (κ1) is 10.5. The number of fused-ring (bicyclic) bond motifs is 3. The summed E-state index contributed by atoms with van der Waals surface area (Å²) in [5, 5.41) is 0. The van der Waals surface area contributed by atoms with Crippen molar-refractivity contribution in [3.05, 3.63) is 11.4 Å². The molecule has 4 N–H and O–H groups in total. The number of hydrogen-bond acceptors (Lipinski definition) is 2. The maximum atomic E-state index is 6.29. The zero-order valence-electron chi connectivity index (χ0n) is 10.1. The van der Waals surface area contributed by atoms with E-state index in [0.29, 0.717) is 11.8 Å². The lowest BCUT2D eigenvalue weighted by Crippen LogP contribution is -2.44. The molecule has 3 aliphatic carbocycles. The minimum atomic E-state index is 0.632. The van der Waals surface area contributed by atoms with Gasteiger partial charge in [-0.25, -0.2) is 0 Å². The summed E-state index contributed by atoms with van der Waals surface area (Å²) >= 11 is 0. The molecule has 4 unspecified atom stereocenters. The topological polar surface area (TPSA) is 52.0 Å². The Labute approximate surface area is 98.5 Å². The third-order valence-corrected chi connectivity index (χ3v) is 5.32. The molecule has 0 aliphatic heterocycles. The van der Waals surface area contributed by atoms with Crippen LogP contribution in [0.25, 0.3) is 0 Å². The molecular weight excluding hydrogens is 196 g/mol. The Hall–Kier alpha value is -0.660. The van der Waals surface area contributed by atoms with Crippen molar-refractivity contribution in [3.8, 4) is 0 Å². The molecule has 0 bridgehead atoms. The number of rotatable bonds is 0. The highest BCUT2D eigenvalue weighted by atomic mass is 14.8. The van der Waals surface area contributed by atoms with E-state index in [2.05, 4.69) is 0 Å². The van der Waals surface area contributed by atoms with Gasteiger partial charge in [-0.3, -0.25) is 0 Å². The molecule has 0 heterocycles. The minimum Gasteiger partial charge on any atom is -0.400 e. The predicted molar refractivity (Wildman–Crippen MR) is 66.3 cm³/mol. The van der Waals surface area contributed by atoms with Crippen LogP contribution in [0.3, 0.4) is 0 Å². The average Bonchev–Trinajstić information content (AvgIpc) is 2.36. The van der Waals surface area contributed by atoms with Crippen molar-refractivity contribution in [2.24, 2.45) is 35.1 Å². The molecule has 0 saturated heterocycles. The van der Waals surface area contributed by atoms with Crippen LogP contribution >= 0.6 is 0 Å². The quantitative estimate of drug-likeness (QED) is 0.659. The second-order valence-electron chi connectivity index (χ2n) is 6.02. The van der Waals surface area contributed by atoms with E-state index < -0.39 is 0 Å². The zero-order valence-corrected chi connectivity index (χ0v) is 10.1. The molecule has 0 spiro atoms. The second kappa shape index (κ2) is 3.97. The molecule has 0 radical (unpaired) electrons. The lowest BCUT2D eigenvalue weighted by atomic mass is 9.59. The van der Waals surface area contributed by atoms with Gasteiger partial charge in [-0.1, -0.05) is 25.7 Å². The molecule has 0 aromatic rings. The van der Waals surface area contributed by atoms with Crippen LogP contribution in [0.4, 0.5) is 0 Å². The highest BCUT2D eigenvalue weighted by Crippen LogP contribution is 2.51. The lowest BCUT2D eigenvalue weighted by molar-refractivity contribution is 0.0907. The van der Waals surface area contributed by atoms with Crippen molar-refractivity contribution in [1.29, 1.82) is 0 Å². The first-order valence-electron chi connectivity index (χ1n) is 7.04. The molecule has 2 saturated carbocycles. The average molecular weight is 220 g/mol. The van der Waals surface area contributed by atoms with Crippen molar-refractivity contribution in [2.75, 3.05) is 0 Å². The molecular formula is C14H24N2. The van der Waals surface area contributed by atoms with E-state index in [0.717, 1.165) is 23.2 Å². The fourth-order valence-corrected chi connectivity index (χ4v) is 4.54. The molecule has 0 amide bonds. The van der Waals surface area contributed by atoms with Gasteiger partial charge in [0.25, 0.3) is 0 Å². The summed E-state index contributed by atoms with van der Waals surface area (Å²) in [6, 6.07) is 0. The van der Waals surface area contributed by atoms with Crippen LogP contribution in [-0.4, -0.2) is 0 Å². The summed E-state index contributed by atoms with van der Waals surface area (Å²) in [4.78, 5) is 0. The number of nitrogens with two attached hydrogens (primary N) is 2. The molecule has 0 aromatic heterocycles. The van der Waals surface area contributed by atoms with Crippen LogP contribution in [0.15, 0.2) is 11.4 Å². The fourth-order valence-electron chi connectivity index (χ4n) is 4.54. The van der Waals surface area contributed by atoms with Gasteiger partial charge in [-0.15, -0.1) is 0 Å². The van der Waals surface area contributed by atoms with E-state index in [4.69, 9.17) is 11.5 Å². The van der Waals surface area contributed by atoms with Crippen LogP contribution in [-0.2, 0) is 0 Å². The number of allylic oxidation sites excluding steroid dienone is 2. The van der Waals surface area contributed by atoms with E-state index in [9.17, 15) is 0 Å². The van der Waals surface area contributed by atoms with E-state index in [1.54, 1.807) is 0 Å². The molecule has 2 heteroatoms. The number of hydrogen-bond donors (Lipinski definition) is 2. The summed E-state index contributed by atoms with van der Waals surface area (Å²) in [5.41, 5.74) is 14.7. The summed E-state index contributed by atoms with van der Waals surface area (Å²) < 4.78 is 0. The fraction of sp³-hybridized carbons (Fsp3) is 0.857. The van der Waals surface area contributed by atoms with Gasteiger partial charge in [0.15, 0.2) is 0 Å². The zero-order chi connectivity index (χ0) is 11.1. The highest BCUT2D eigenvalue weighted by molar-refractivity contribution is 5.22. The maximum absolute atomic E-state index is 6.29. The molecule has 2 fully saturated rings. The van der Waals surface area contributed by atoms with Crippen LogP contribution in [0.5, 0.6) is 0 Å². The molecule has 4 atom stereocenters. The van der Waals surface area contributed by atoms with Gasteiger partial charge in [0.05, 0.1) is 0 Å². The van der Waals surface area contributed by atoms with E-state index in [1.807, 2.05) is 0 Å². The van der Waals surface area contributed by atoms with Gasteiger partial charge in [0.1, 0.15) is 0 Å². The Balaban J connectivity index is 1.95. The molecule has 16 heavy (non-hydrogen) atoms. The Morgan fingerprint density at radius 3 is 1.44 bits per heavy atom. The van der Waals surface area contributed by atoms with Crippen LogP contribution in [0, 0.1) is 23.7 Å². The first-order valence-corrected chi connectivity index (χ1v) is 7.04. The SMILES string of the molecule is NC1=C(N)C2CCCCC2C2CCCCC12. The van der Waals surface area contributed by atoms with Crippen molar-refractivity contribution in [1.82, 2.24) is 0 Å².